The third-order valence-corrected chi connectivity index (χ3v) is 5.92. The lowest BCUT2D eigenvalue weighted by atomic mass is 9.98. The number of carbonyl (C=O) groups excluding carboxylic acids is 1. The van der Waals surface area contributed by atoms with Crippen molar-refractivity contribution in [3.05, 3.63) is 104 Å². The van der Waals surface area contributed by atoms with Gasteiger partial charge in [-0.2, -0.15) is 0 Å². The number of nitrogens with zero attached hydrogens (tertiary/aromatic N) is 2. The van der Waals surface area contributed by atoms with Crippen LogP contribution in [-0.4, -0.2) is 20.9 Å². The summed E-state index contributed by atoms with van der Waals surface area (Å²) in [7, 11) is 0. The SMILES string of the molecule is Cc1cc2oc3c(c(=O)c2cc1Cl)[C@@H](c1cccc(O)c1)N(Cc1cccnc1)C3=O. The number of aromatic nitrogens is 1. The Hall–Kier alpha value is -3.64. The first-order valence-corrected chi connectivity index (χ1v) is 10.1. The standard InChI is InChI=1S/C24H17ClN2O4/c1-13-8-19-17(10-18(13)25)22(29)20-21(15-5-2-6-16(28)9-15)27(24(30)23(20)31-19)12-14-4-3-7-26-11-14/h2-11,21,28H,12H2,1H3/t21-/m1/s1. The van der Waals surface area contributed by atoms with Gasteiger partial charge < -0.3 is 14.4 Å². The molecule has 1 aliphatic rings. The lowest BCUT2D eigenvalue weighted by Crippen LogP contribution is -2.29. The summed E-state index contributed by atoms with van der Waals surface area (Å²) in [4.78, 5) is 32.6. The average molecular weight is 433 g/mol. The van der Waals surface area contributed by atoms with E-state index in [1.165, 1.54) is 6.07 Å². The van der Waals surface area contributed by atoms with Crippen molar-refractivity contribution >= 4 is 28.5 Å². The molecular weight excluding hydrogens is 416 g/mol. The van der Waals surface area contributed by atoms with Gasteiger partial charge in [0.15, 0.2) is 5.43 Å². The number of carbonyl (C=O) groups is 1. The van der Waals surface area contributed by atoms with E-state index in [0.717, 1.165) is 11.1 Å². The molecule has 0 unspecified atom stereocenters. The van der Waals surface area contributed by atoms with Gasteiger partial charge in [-0.25, -0.2) is 0 Å². The van der Waals surface area contributed by atoms with Crippen LogP contribution < -0.4 is 5.43 Å². The fourth-order valence-corrected chi connectivity index (χ4v) is 4.20. The van der Waals surface area contributed by atoms with Crippen LogP contribution in [0.15, 0.2) is 70.1 Å². The number of aromatic hydroxyl groups is 1. The Morgan fingerprint density at radius 3 is 2.74 bits per heavy atom. The first kappa shape index (κ1) is 19.3. The molecule has 0 fully saturated rings. The van der Waals surface area contributed by atoms with Crippen LogP contribution in [0.4, 0.5) is 0 Å². The van der Waals surface area contributed by atoms with Crippen LogP contribution in [0.25, 0.3) is 11.0 Å². The second-order valence-electron chi connectivity index (χ2n) is 7.56. The molecule has 3 heterocycles. The summed E-state index contributed by atoms with van der Waals surface area (Å²) < 4.78 is 5.96. The number of phenolic OH excluding ortho intramolecular Hbond substituents is 1. The number of benzene rings is 2. The predicted molar refractivity (Wildman–Crippen MR) is 116 cm³/mol. The highest BCUT2D eigenvalue weighted by Crippen LogP contribution is 2.40. The summed E-state index contributed by atoms with van der Waals surface area (Å²) in [5, 5.41) is 10.8. The van der Waals surface area contributed by atoms with Crippen molar-refractivity contribution in [1.29, 1.82) is 0 Å². The quantitative estimate of drug-likeness (QED) is 0.511. The molecule has 0 aliphatic carbocycles. The van der Waals surface area contributed by atoms with Crippen LogP contribution in [0.2, 0.25) is 5.02 Å². The van der Waals surface area contributed by atoms with Crippen LogP contribution in [0, 0.1) is 6.92 Å². The van der Waals surface area contributed by atoms with Crippen LogP contribution in [0.5, 0.6) is 5.75 Å². The molecule has 154 valence electrons. The number of fused-ring (bicyclic) bond motifs is 2. The summed E-state index contributed by atoms with van der Waals surface area (Å²) in [5.74, 6) is -0.334. The van der Waals surface area contributed by atoms with E-state index in [4.69, 9.17) is 16.0 Å². The summed E-state index contributed by atoms with van der Waals surface area (Å²) >= 11 is 6.25. The minimum Gasteiger partial charge on any atom is -0.508 e. The number of hydrogen-bond donors (Lipinski definition) is 1. The number of phenols is 1. The van der Waals surface area contributed by atoms with Gasteiger partial charge in [0.1, 0.15) is 11.3 Å². The highest BCUT2D eigenvalue weighted by Gasteiger charge is 2.42. The van der Waals surface area contributed by atoms with E-state index < -0.39 is 11.9 Å². The molecule has 0 bridgehead atoms. The zero-order chi connectivity index (χ0) is 21.7. The number of hydrogen-bond acceptors (Lipinski definition) is 5. The monoisotopic (exact) mass is 432 g/mol. The Bertz CT molecular complexity index is 1400. The Morgan fingerprint density at radius 2 is 2.00 bits per heavy atom. The largest absolute Gasteiger partial charge is 0.508 e. The van der Waals surface area contributed by atoms with E-state index >= 15 is 0 Å². The molecule has 6 nitrogen and oxygen atoms in total. The fourth-order valence-electron chi connectivity index (χ4n) is 4.03. The van der Waals surface area contributed by atoms with E-state index in [1.54, 1.807) is 60.6 Å². The van der Waals surface area contributed by atoms with Gasteiger partial charge >= 0.3 is 0 Å². The molecule has 2 aromatic carbocycles. The van der Waals surface area contributed by atoms with Gasteiger partial charge in [0.2, 0.25) is 5.76 Å². The smallest absolute Gasteiger partial charge is 0.291 e. The highest BCUT2D eigenvalue weighted by atomic mass is 35.5. The van der Waals surface area contributed by atoms with E-state index in [2.05, 4.69) is 4.98 Å². The molecule has 0 saturated carbocycles. The molecule has 7 heteroatoms. The van der Waals surface area contributed by atoms with Crippen molar-refractivity contribution in [1.82, 2.24) is 9.88 Å². The topological polar surface area (TPSA) is 83.6 Å². The molecule has 1 aliphatic heterocycles. The number of rotatable bonds is 3. The fraction of sp³-hybridized carbons (Fsp3) is 0.125. The van der Waals surface area contributed by atoms with Crippen molar-refractivity contribution in [2.75, 3.05) is 0 Å². The second-order valence-corrected chi connectivity index (χ2v) is 7.97. The number of halogens is 1. The van der Waals surface area contributed by atoms with Gasteiger partial charge in [0.25, 0.3) is 5.91 Å². The zero-order valence-electron chi connectivity index (χ0n) is 16.5. The molecule has 31 heavy (non-hydrogen) atoms. The van der Waals surface area contributed by atoms with Gasteiger partial charge in [-0.3, -0.25) is 14.6 Å². The molecular formula is C24H17ClN2O4. The highest BCUT2D eigenvalue weighted by molar-refractivity contribution is 6.32. The van der Waals surface area contributed by atoms with E-state index in [0.29, 0.717) is 21.6 Å². The number of pyridine rings is 1. The maximum atomic E-state index is 13.5. The van der Waals surface area contributed by atoms with E-state index in [1.807, 2.05) is 6.07 Å². The van der Waals surface area contributed by atoms with Crippen molar-refractivity contribution in [2.45, 2.75) is 19.5 Å². The maximum Gasteiger partial charge on any atom is 0.291 e. The van der Waals surface area contributed by atoms with E-state index in [9.17, 15) is 14.7 Å². The molecule has 4 aromatic rings. The second kappa shape index (κ2) is 7.25. The van der Waals surface area contributed by atoms with Gasteiger partial charge in [0, 0.05) is 24.0 Å². The third-order valence-electron chi connectivity index (χ3n) is 5.51. The normalized spacial score (nSPS) is 15.5. The Labute approximate surface area is 182 Å². The maximum absolute atomic E-state index is 13.5. The van der Waals surface area contributed by atoms with Gasteiger partial charge in [-0.15, -0.1) is 0 Å². The summed E-state index contributed by atoms with van der Waals surface area (Å²) in [5.41, 5.74) is 2.42. The molecule has 5 rings (SSSR count). The van der Waals surface area contributed by atoms with Crippen molar-refractivity contribution < 1.29 is 14.3 Å². The third kappa shape index (κ3) is 3.16. The Kier molecular flexibility index (Phi) is 4.52. The number of aryl methyl sites for hydroxylation is 1. The Morgan fingerprint density at radius 1 is 1.16 bits per heavy atom. The van der Waals surface area contributed by atoms with Crippen molar-refractivity contribution in [2.24, 2.45) is 0 Å². The Balaban J connectivity index is 1.76. The van der Waals surface area contributed by atoms with Crippen LogP contribution >= 0.6 is 11.6 Å². The summed E-state index contributed by atoms with van der Waals surface area (Å²) in [6.07, 6.45) is 3.32. The molecule has 1 N–H and O–H groups in total. The molecule has 1 amide bonds. The average Bonchev–Trinajstić information content (AvgIpc) is 3.03. The van der Waals surface area contributed by atoms with Crippen molar-refractivity contribution in [3.8, 4) is 5.75 Å². The van der Waals surface area contributed by atoms with Gasteiger partial charge in [0.05, 0.1) is 17.0 Å². The zero-order valence-corrected chi connectivity index (χ0v) is 17.3. The van der Waals surface area contributed by atoms with Gasteiger partial charge in [-0.1, -0.05) is 29.8 Å². The molecule has 1 atom stereocenters. The minimum absolute atomic E-state index is 0.0106. The van der Waals surface area contributed by atoms with Crippen LogP contribution in [0.1, 0.15) is 38.9 Å². The van der Waals surface area contributed by atoms with Gasteiger partial charge in [-0.05, 0) is 53.9 Å². The first-order chi connectivity index (χ1) is 14.9. The van der Waals surface area contributed by atoms with Crippen LogP contribution in [0.3, 0.4) is 0 Å². The summed E-state index contributed by atoms with van der Waals surface area (Å²) in [6, 6.07) is 12.7. The van der Waals surface area contributed by atoms with Crippen LogP contribution in [-0.2, 0) is 6.54 Å². The first-order valence-electron chi connectivity index (χ1n) is 9.69. The summed E-state index contributed by atoms with van der Waals surface area (Å²) in [6.45, 7) is 2.04. The lowest BCUT2D eigenvalue weighted by Gasteiger charge is -2.25. The van der Waals surface area contributed by atoms with Crippen molar-refractivity contribution in [3.63, 3.8) is 0 Å². The molecule has 0 spiro atoms. The molecule has 0 saturated heterocycles. The van der Waals surface area contributed by atoms with E-state index in [-0.39, 0.29) is 29.0 Å². The predicted octanol–water partition coefficient (Wildman–Crippen LogP) is 4.60. The lowest BCUT2D eigenvalue weighted by molar-refractivity contribution is 0.0714. The minimum atomic E-state index is -0.712. The number of amides is 1. The molecule has 0 radical (unpaired) electrons. The molecule has 2 aromatic heterocycles.